The number of amides is 1. The van der Waals surface area contributed by atoms with Crippen LogP contribution in [0, 0.1) is 0 Å². The van der Waals surface area contributed by atoms with E-state index in [4.69, 9.17) is 4.74 Å². The lowest BCUT2D eigenvalue weighted by molar-refractivity contribution is 0.111. The van der Waals surface area contributed by atoms with Gasteiger partial charge < -0.3 is 9.30 Å². The van der Waals surface area contributed by atoms with E-state index in [0.29, 0.717) is 6.67 Å². The van der Waals surface area contributed by atoms with Crippen LogP contribution in [-0.2, 0) is 11.4 Å². The molecule has 1 aromatic rings. The third-order valence-electron chi connectivity index (χ3n) is 1.57. The van der Waals surface area contributed by atoms with Gasteiger partial charge in [-0.05, 0) is 0 Å². The van der Waals surface area contributed by atoms with Gasteiger partial charge in [0.2, 0.25) is 0 Å². The molecule has 1 rings (SSSR count). The van der Waals surface area contributed by atoms with Gasteiger partial charge in [-0.3, -0.25) is 4.90 Å². The van der Waals surface area contributed by atoms with Crippen molar-refractivity contribution in [2.75, 3.05) is 13.7 Å². The van der Waals surface area contributed by atoms with Crippen LogP contribution in [0.25, 0.3) is 0 Å². The van der Waals surface area contributed by atoms with Gasteiger partial charge in [0.1, 0.15) is 13.3 Å². The smallest absolute Gasteiger partial charge is 0.411 e. The molecule has 0 atom stereocenters. The lowest BCUT2D eigenvalue weighted by atomic mass is 10.7. The van der Waals surface area contributed by atoms with Gasteiger partial charge >= 0.3 is 6.09 Å². The van der Waals surface area contributed by atoms with Crippen LogP contribution in [0.5, 0.6) is 0 Å². The molecule has 0 aliphatic carbocycles. The van der Waals surface area contributed by atoms with Crippen LogP contribution in [0.2, 0.25) is 0 Å². The number of rotatable bonds is 4. The fourth-order valence-corrected chi connectivity index (χ4v) is 0.913. The highest BCUT2D eigenvalue weighted by molar-refractivity contribution is 5.66. The summed E-state index contributed by atoms with van der Waals surface area (Å²) in [7, 11) is 1.66. The lowest BCUT2D eigenvalue weighted by Gasteiger charge is -2.16. The van der Waals surface area contributed by atoms with E-state index in [-0.39, 0.29) is 12.7 Å². The number of hydrogen-bond donors (Lipinski definition) is 0. The molecule has 1 aromatic heterocycles. The number of aromatic nitrogens is 2. The molecule has 0 spiro atoms. The molecular formula is C9H13N3O2. The molecular weight excluding hydrogens is 182 g/mol. The van der Waals surface area contributed by atoms with Crippen LogP contribution in [-0.4, -0.2) is 34.2 Å². The van der Waals surface area contributed by atoms with Crippen molar-refractivity contribution in [1.29, 1.82) is 0 Å². The summed E-state index contributed by atoms with van der Waals surface area (Å²) < 4.78 is 6.61. The molecule has 0 aromatic carbocycles. The van der Waals surface area contributed by atoms with Gasteiger partial charge in [-0.15, -0.1) is 0 Å². The van der Waals surface area contributed by atoms with Crippen LogP contribution in [0.1, 0.15) is 0 Å². The van der Waals surface area contributed by atoms with Gasteiger partial charge in [0, 0.05) is 19.4 Å². The minimum Gasteiger partial charge on any atom is -0.445 e. The zero-order chi connectivity index (χ0) is 10.4. The minimum absolute atomic E-state index is 0.229. The maximum Gasteiger partial charge on any atom is 0.411 e. The van der Waals surface area contributed by atoms with Gasteiger partial charge in [-0.2, -0.15) is 0 Å². The van der Waals surface area contributed by atoms with Crippen molar-refractivity contribution in [1.82, 2.24) is 14.5 Å². The van der Waals surface area contributed by atoms with E-state index in [0.717, 1.165) is 0 Å². The molecule has 14 heavy (non-hydrogen) atoms. The normalized spacial score (nSPS) is 9.50. The molecule has 5 nitrogen and oxygen atoms in total. The van der Waals surface area contributed by atoms with Crippen LogP contribution < -0.4 is 0 Å². The molecule has 0 aliphatic heterocycles. The maximum atomic E-state index is 11.3. The first-order valence-electron chi connectivity index (χ1n) is 4.18. The average molecular weight is 195 g/mol. The highest BCUT2D eigenvalue weighted by Crippen LogP contribution is 1.94. The molecule has 0 aliphatic rings. The molecule has 5 heteroatoms. The van der Waals surface area contributed by atoms with Crippen LogP contribution in [0.15, 0.2) is 31.4 Å². The molecule has 1 amide bonds. The number of nitrogens with zero attached hydrogens (tertiary/aromatic N) is 3. The van der Waals surface area contributed by atoms with Gasteiger partial charge in [0.15, 0.2) is 0 Å². The molecule has 0 unspecified atom stereocenters. The monoisotopic (exact) mass is 195 g/mol. The first kappa shape index (κ1) is 10.3. The molecule has 0 radical (unpaired) electrons. The predicted octanol–water partition coefficient (Wildman–Crippen LogP) is 1.10. The van der Waals surface area contributed by atoms with Crippen molar-refractivity contribution in [3.05, 3.63) is 31.4 Å². The van der Waals surface area contributed by atoms with Crippen molar-refractivity contribution < 1.29 is 9.53 Å². The molecule has 0 fully saturated rings. The fourth-order valence-electron chi connectivity index (χ4n) is 0.913. The fraction of sp³-hybridized carbons (Fsp3) is 0.333. The second kappa shape index (κ2) is 5.06. The second-order valence-electron chi connectivity index (χ2n) is 2.78. The molecule has 0 saturated heterocycles. The summed E-state index contributed by atoms with van der Waals surface area (Å²) in [4.78, 5) is 16.6. The number of carbonyl (C=O) groups excluding carboxylic acids is 1. The summed E-state index contributed by atoms with van der Waals surface area (Å²) in [5, 5.41) is 0. The molecule has 1 heterocycles. The van der Waals surface area contributed by atoms with Crippen LogP contribution in [0.4, 0.5) is 4.79 Å². The summed E-state index contributed by atoms with van der Waals surface area (Å²) >= 11 is 0. The van der Waals surface area contributed by atoms with Gasteiger partial charge in [0.25, 0.3) is 0 Å². The molecule has 76 valence electrons. The van der Waals surface area contributed by atoms with E-state index < -0.39 is 0 Å². The molecule has 0 saturated carbocycles. The Balaban J connectivity index is 2.37. The Labute approximate surface area is 82.6 Å². The second-order valence-corrected chi connectivity index (χ2v) is 2.78. The van der Waals surface area contributed by atoms with E-state index in [1.54, 1.807) is 30.3 Å². The Hall–Kier alpha value is -1.78. The SMILES string of the molecule is C=CCOC(=O)N(C)Cn1ccnc1. The molecule has 0 bridgehead atoms. The van der Waals surface area contributed by atoms with Crippen molar-refractivity contribution in [2.24, 2.45) is 0 Å². The van der Waals surface area contributed by atoms with E-state index in [1.807, 2.05) is 0 Å². The highest BCUT2D eigenvalue weighted by atomic mass is 16.6. The third-order valence-corrected chi connectivity index (χ3v) is 1.57. The quantitative estimate of drug-likeness (QED) is 0.676. The zero-order valence-electron chi connectivity index (χ0n) is 8.09. The highest BCUT2D eigenvalue weighted by Gasteiger charge is 2.08. The van der Waals surface area contributed by atoms with Crippen LogP contribution >= 0.6 is 0 Å². The Morgan fingerprint density at radius 3 is 3.14 bits per heavy atom. The summed E-state index contributed by atoms with van der Waals surface area (Å²) in [5.41, 5.74) is 0. The topological polar surface area (TPSA) is 47.4 Å². The summed E-state index contributed by atoms with van der Waals surface area (Å²) in [6, 6.07) is 0. The lowest BCUT2D eigenvalue weighted by Crippen LogP contribution is -2.29. The summed E-state index contributed by atoms with van der Waals surface area (Å²) in [6.45, 7) is 4.11. The van der Waals surface area contributed by atoms with E-state index >= 15 is 0 Å². The average Bonchev–Trinajstić information content (AvgIpc) is 2.66. The largest absolute Gasteiger partial charge is 0.445 e. The van der Waals surface area contributed by atoms with Gasteiger partial charge in [-0.1, -0.05) is 12.7 Å². The van der Waals surface area contributed by atoms with E-state index in [1.165, 1.54) is 11.0 Å². The number of ether oxygens (including phenoxy) is 1. The van der Waals surface area contributed by atoms with Crippen molar-refractivity contribution in [3.63, 3.8) is 0 Å². The van der Waals surface area contributed by atoms with E-state index in [9.17, 15) is 4.79 Å². The van der Waals surface area contributed by atoms with Crippen molar-refractivity contribution >= 4 is 6.09 Å². The Bertz CT molecular complexity index is 295. The maximum absolute atomic E-state index is 11.3. The number of imidazole rings is 1. The van der Waals surface area contributed by atoms with Crippen LogP contribution in [0.3, 0.4) is 0 Å². The Kier molecular flexibility index (Phi) is 3.72. The summed E-state index contributed by atoms with van der Waals surface area (Å²) in [6.07, 6.45) is 6.22. The van der Waals surface area contributed by atoms with Crippen molar-refractivity contribution in [3.8, 4) is 0 Å². The first-order valence-corrected chi connectivity index (χ1v) is 4.18. The predicted molar refractivity (Wildman–Crippen MR) is 51.5 cm³/mol. The van der Waals surface area contributed by atoms with Gasteiger partial charge in [-0.25, -0.2) is 9.78 Å². The van der Waals surface area contributed by atoms with E-state index in [2.05, 4.69) is 11.6 Å². The number of carbonyl (C=O) groups is 1. The first-order chi connectivity index (χ1) is 6.74. The van der Waals surface area contributed by atoms with Crippen molar-refractivity contribution in [2.45, 2.75) is 6.67 Å². The third kappa shape index (κ3) is 2.93. The Morgan fingerprint density at radius 1 is 1.79 bits per heavy atom. The minimum atomic E-state index is -0.376. The summed E-state index contributed by atoms with van der Waals surface area (Å²) in [5.74, 6) is 0. The number of hydrogen-bond acceptors (Lipinski definition) is 3. The van der Waals surface area contributed by atoms with Gasteiger partial charge in [0.05, 0.1) is 6.33 Å². The zero-order valence-corrected chi connectivity index (χ0v) is 8.09. The standard InChI is InChI=1S/C9H13N3O2/c1-3-6-14-9(13)11(2)8-12-5-4-10-7-12/h3-5,7H,1,6,8H2,2H3. The Morgan fingerprint density at radius 2 is 2.57 bits per heavy atom. The molecule has 0 N–H and O–H groups in total.